The lowest BCUT2D eigenvalue weighted by Crippen LogP contribution is -2.44. The first kappa shape index (κ1) is 15.6. The highest BCUT2D eigenvalue weighted by atomic mass is 16.6. The molecule has 0 saturated carbocycles. The summed E-state index contributed by atoms with van der Waals surface area (Å²) in [6, 6.07) is 7.41. The molecule has 1 amide bonds. The Balaban J connectivity index is 1.73. The molecule has 5 heteroatoms. The smallest absolute Gasteiger partial charge is 0.264 e. The van der Waals surface area contributed by atoms with Crippen LogP contribution in [-0.2, 0) is 4.79 Å². The second kappa shape index (κ2) is 7.88. The molecule has 0 spiro atoms. The van der Waals surface area contributed by atoms with Crippen molar-refractivity contribution in [1.29, 1.82) is 0 Å². The van der Waals surface area contributed by atoms with E-state index >= 15 is 0 Å². The minimum absolute atomic E-state index is 0.107. The number of fused-ring (bicyclic) bond motifs is 1. The number of hydrogen-bond acceptors (Lipinski definition) is 4. The third kappa shape index (κ3) is 4.36. The molecule has 1 aromatic rings. The molecule has 1 atom stereocenters. The van der Waals surface area contributed by atoms with Crippen molar-refractivity contribution in [3.63, 3.8) is 0 Å². The van der Waals surface area contributed by atoms with E-state index in [2.05, 4.69) is 24.1 Å². The highest BCUT2D eigenvalue weighted by molar-refractivity contribution is 5.81. The van der Waals surface area contributed by atoms with Crippen LogP contribution in [0.5, 0.6) is 11.5 Å². The van der Waals surface area contributed by atoms with E-state index in [0.29, 0.717) is 18.0 Å². The predicted octanol–water partition coefficient (Wildman–Crippen LogP) is 1.67. The van der Waals surface area contributed by atoms with Gasteiger partial charge < -0.3 is 19.7 Å². The molecule has 2 rings (SSSR count). The van der Waals surface area contributed by atoms with Crippen molar-refractivity contribution in [2.24, 2.45) is 0 Å². The Morgan fingerprint density at radius 3 is 2.71 bits per heavy atom. The second-order valence-corrected chi connectivity index (χ2v) is 5.04. The van der Waals surface area contributed by atoms with Crippen LogP contribution in [-0.4, -0.2) is 49.7 Å². The lowest BCUT2D eigenvalue weighted by atomic mass is 10.2. The molecule has 0 bridgehead atoms. The summed E-state index contributed by atoms with van der Waals surface area (Å²) >= 11 is 0. The molecular weight excluding hydrogens is 268 g/mol. The standard InChI is InChI=1S/C16H24N2O3/c1-3-18(4-2)11-7-10-17-16(19)15-12-20-13-8-5-6-9-14(13)21-15/h5-6,8-9,15H,3-4,7,10-12H2,1-2H3,(H,17,19). The zero-order valence-electron chi connectivity index (χ0n) is 12.8. The highest BCUT2D eigenvalue weighted by Gasteiger charge is 2.26. The first-order valence-electron chi connectivity index (χ1n) is 7.63. The van der Waals surface area contributed by atoms with Crippen LogP contribution in [0.2, 0.25) is 0 Å². The summed E-state index contributed by atoms with van der Waals surface area (Å²) in [7, 11) is 0. The minimum Gasteiger partial charge on any atom is -0.485 e. The zero-order valence-corrected chi connectivity index (χ0v) is 12.8. The zero-order chi connectivity index (χ0) is 15.1. The molecule has 1 heterocycles. The molecule has 0 aliphatic carbocycles. The number of ether oxygens (including phenoxy) is 2. The van der Waals surface area contributed by atoms with Crippen molar-refractivity contribution in [2.75, 3.05) is 32.8 Å². The van der Waals surface area contributed by atoms with Gasteiger partial charge in [-0.15, -0.1) is 0 Å². The van der Waals surface area contributed by atoms with Gasteiger partial charge in [0.2, 0.25) is 6.10 Å². The fourth-order valence-electron chi connectivity index (χ4n) is 2.32. The Kier molecular flexibility index (Phi) is 5.87. The molecule has 0 radical (unpaired) electrons. The number of amides is 1. The van der Waals surface area contributed by atoms with E-state index in [4.69, 9.17) is 9.47 Å². The Hall–Kier alpha value is -1.75. The molecule has 0 aromatic heterocycles. The minimum atomic E-state index is -0.562. The predicted molar refractivity (Wildman–Crippen MR) is 81.8 cm³/mol. The molecule has 0 saturated heterocycles. The quantitative estimate of drug-likeness (QED) is 0.777. The third-order valence-corrected chi connectivity index (χ3v) is 3.65. The highest BCUT2D eigenvalue weighted by Crippen LogP contribution is 2.30. The lowest BCUT2D eigenvalue weighted by molar-refractivity contribution is -0.130. The number of carbonyl (C=O) groups is 1. The Morgan fingerprint density at radius 1 is 1.29 bits per heavy atom. The van der Waals surface area contributed by atoms with Crippen molar-refractivity contribution in [3.8, 4) is 11.5 Å². The van der Waals surface area contributed by atoms with Crippen molar-refractivity contribution in [2.45, 2.75) is 26.4 Å². The van der Waals surface area contributed by atoms with Gasteiger partial charge in [-0.25, -0.2) is 0 Å². The first-order valence-corrected chi connectivity index (χ1v) is 7.63. The summed E-state index contributed by atoms with van der Waals surface area (Å²) in [6.45, 7) is 8.30. The van der Waals surface area contributed by atoms with Crippen LogP contribution in [0.25, 0.3) is 0 Å². The first-order chi connectivity index (χ1) is 10.2. The number of benzene rings is 1. The molecule has 1 N–H and O–H groups in total. The maximum atomic E-state index is 12.1. The van der Waals surface area contributed by atoms with Crippen molar-refractivity contribution >= 4 is 5.91 Å². The van der Waals surface area contributed by atoms with Crippen molar-refractivity contribution in [3.05, 3.63) is 24.3 Å². The number of nitrogens with zero attached hydrogens (tertiary/aromatic N) is 1. The van der Waals surface area contributed by atoms with Gasteiger partial charge in [-0.2, -0.15) is 0 Å². The molecule has 1 aliphatic rings. The van der Waals surface area contributed by atoms with Gasteiger partial charge in [0.05, 0.1) is 0 Å². The molecule has 0 fully saturated rings. The maximum absolute atomic E-state index is 12.1. The fourth-order valence-corrected chi connectivity index (χ4v) is 2.32. The van der Waals surface area contributed by atoms with Gasteiger partial charge in [-0.3, -0.25) is 4.79 Å². The van der Waals surface area contributed by atoms with Gasteiger partial charge in [-0.1, -0.05) is 26.0 Å². The summed E-state index contributed by atoms with van der Waals surface area (Å²) in [5.41, 5.74) is 0. The summed E-state index contributed by atoms with van der Waals surface area (Å²) in [5, 5.41) is 2.92. The molecule has 1 unspecified atom stereocenters. The molecule has 116 valence electrons. The van der Waals surface area contributed by atoms with Gasteiger partial charge in [0.15, 0.2) is 11.5 Å². The van der Waals surface area contributed by atoms with Crippen molar-refractivity contribution in [1.82, 2.24) is 10.2 Å². The van der Waals surface area contributed by atoms with Gasteiger partial charge in [-0.05, 0) is 38.2 Å². The monoisotopic (exact) mass is 292 g/mol. The van der Waals surface area contributed by atoms with E-state index in [0.717, 1.165) is 26.1 Å². The average molecular weight is 292 g/mol. The van der Waals surface area contributed by atoms with Gasteiger partial charge in [0.25, 0.3) is 5.91 Å². The summed E-state index contributed by atoms with van der Waals surface area (Å²) in [6.07, 6.45) is 0.380. The molecular formula is C16H24N2O3. The van der Waals surface area contributed by atoms with Crippen LogP contribution in [0, 0.1) is 0 Å². The fraction of sp³-hybridized carbons (Fsp3) is 0.562. The maximum Gasteiger partial charge on any atom is 0.264 e. The van der Waals surface area contributed by atoms with Gasteiger partial charge in [0, 0.05) is 6.54 Å². The van der Waals surface area contributed by atoms with Gasteiger partial charge in [0.1, 0.15) is 6.61 Å². The summed E-state index contributed by atoms with van der Waals surface area (Å²) in [5.74, 6) is 1.22. The lowest BCUT2D eigenvalue weighted by Gasteiger charge is -2.25. The van der Waals surface area contributed by atoms with E-state index in [9.17, 15) is 4.79 Å². The average Bonchev–Trinajstić information content (AvgIpc) is 2.54. The van der Waals surface area contributed by atoms with Crippen molar-refractivity contribution < 1.29 is 14.3 Å². The topological polar surface area (TPSA) is 50.8 Å². The number of para-hydroxylation sites is 2. The Morgan fingerprint density at radius 2 is 2.00 bits per heavy atom. The number of rotatable bonds is 7. The van der Waals surface area contributed by atoms with E-state index in [1.165, 1.54) is 0 Å². The van der Waals surface area contributed by atoms with Gasteiger partial charge >= 0.3 is 0 Å². The van der Waals surface area contributed by atoms with Crippen LogP contribution in [0.15, 0.2) is 24.3 Å². The third-order valence-electron chi connectivity index (χ3n) is 3.65. The van der Waals surface area contributed by atoms with E-state index < -0.39 is 6.10 Å². The number of hydrogen-bond donors (Lipinski definition) is 1. The van der Waals surface area contributed by atoms with Crippen LogP contribution in [0.3, 0.4) is 0 Å². The van der Waals surface area contributed by atoms with Crippen LogP contribution in [0.1, 0.15) is 20.3 Å². The molecule has 1 aromatic carbocycles. The van der Waals surface area contributed by atoms with E-state index in [1.54, 1.807) is 0 Å². The SMILES string of the molecule is CCN(CC)CCCNC(=O)C1COc2ccccc2O1. The molecule has 5 nitrogen and oxygen atoms in total. The largest absolute Gasteiger partial charge is 0.485 e. The Labute approximate surface area is 126 Å². The summed E-state index contributed by atoms with van der Waals surface area (Å²) in [4.78, 5) is 14.4. The van der Waals surface area contributed by atoms with Crippen LogP contribution >= 0.6 is 0 Å². The molecule has 1 aliphatic heterocycles. The van der Waals surface area contributed by atoms with E-state index in [1.807, 2.05) is 24.3 Å². The number of carbonyl (C=O) groups excluding carboxylic acids is 1. The van der Waals surface area contributed by atoms with Crippen LogP contribution < -0.4 is 14.8 Å². The molecule has 21 heavy (non-hydrogen) atoms. The normalized spacial score (nSPS) is 16.8. The van der Waals surface area contributed by atoms with Crippen LogP contribution in [0.4, 0.5) is 0 Å². The second-order valence-electron chi connectivity index (χ2n) is 5.04. The Bertz CT molecular complexity index is 461. The number of nitrogens with one attached hydrogen (secondary N) is 1. The summed E-state index contributed by atoms with van der Waals surface area (Å²) < 4.78 is 11.2. The van der Waals surface area contributed by atoms with E-state index in [-0.39, 0.29) is 12.5 Å².